The number of carbonyl (C=O) groups is 1. The van der Waals surface area contributed by atoms with Crippen molar-refractivity contribution in [3.63, 3.8) is 0 Å². The average Bonchev–Trinajstić information content (AvgIpc) is 3.13. The van der Waals surface area contributed by atoms with Gasteiger partial charge in [-0.3, -0.25) is 4.79 Å². The molecule has 0 spiro atoms. The zero-order valence-electron chi connectivity index (χ0n) is 18.6. The molecule has 1 aliphatic rings. The van der Waals surface area contributed by atoms with Gasteiger partial charge in [0.15, 0.2) is 17.2 Å². The molecule has 35 heavy (non-hydrogen) atoms. The van der Waals surface area contributed by atoms with Gasteiger partial charge in [-0.15, -0.1) is 4.91 Å². The highest BCUT2D eigenvalue weighted by Crippen LogP contribution is 2.42. The number of methoxy groups -OCH3 is 1. The quantitative estimate of drug-likeness (QED) is 0.380. The van der Waals surface area contributed by atoms with Gasteiger partial charge in [0.25, 0.3) is 5.91 Å². The highest BCUT2D eigenvalue weighted by atomic mass is 19.1. The summed E-state index contributed by atoms with van der Waals surface area (Å²) in [6, 6.07) is 14.0. The first kappa shape index (κ1) is 22.2. The van der Waals surface area contributed by atoms with Gasteiger partial charge in [-0.05, 0) is 41.6 Å². The third-order valence-corrected chi connectivity index (χ3v) is 5.72. The van der Waals surface area contributed by atoms with Crippen molar-refractivity contribution in [2.24, 2.45) is 5.18 Å². The monoisotopic (exact) mass is 477 g/mol. The molecule has 3 aromatic carbocycles. The average molecular weight is 477 g/mol. The van der Waals surface area contributed by atoms with Gasteiger partial charge in [-0.2, -0.15) is 0 Å². The summed E-state index contributed by atoms with van der Waals surface area (Å²) in [6.07, 6.45) is 0. The topological polar surface area (TPSA) is 111 Å². The highest BCUT2D eigenvalue weighted by Gasteiger charge is 2.23. The number of halogens is 1. The largest absolute Gasteiger partial charge is 0.496 e. The Labute approximate surface area is 198 Å². The lowest BCUT2D eigenvalue weighted by molar-refractivity contribution is 0.102. The number of fused-ring (bicyclic) bond motifs is 2. The third kappa shape index (κ3) is 3.99. The van der Waals surface area contributed by atoms with Crippen molar-refractivity contribution in [2.75, 3.05) is 25.6 Å². The second-order valence-electron chi connectivity index (χ2n) is 7.83. The molecule has 4 aromatic rings. The summed E-state index contributed by atoms with van der Waals surface area (Å²) < 4.78 is 32.1. The number of carbonyl (C=O) groups excluding carboxylic acids is 1. The number of aromatic hydroxyl groups is 1. The zero-order chi connectivity index (χ0) is 24.5. The molecule has 2 N–H and O–H groups in total. The molecule has 2 heterocycles. The van der Waals surface area contributed by atoms with Crippen LogP contribution >= 0.6 is 0 Å². The van der Waals surface area contributed by atoms with Gasteiger partial charge >= 0.3 is 0 Å². The van der Waals surface area contributed by atoms with Crippen LogP contribution in [0.25, 0.3) is 10.9 Å². The normalized spacial score (nSPS) is 12.4. The first-order valence-electron chi connectivity index (χ1n) is 10.7. The van der Waals surface area contributed by atoms with E-state index in [0.717, 1.165) is 0 Å². The molecule has 0 bridgehead atoms. The van der Waals surface area contributed by atoms with Gasteiger partial charge < -0.3 is 29.2 Å². The molecular formula is C25H20FN3O6. The standard InChI is InChI=1S/C25H20FN3O6/c1-33-20-5-3-2-4-18(20)24(30)27-16-6-7-17-19(12-16)29(25(31)22(17)28-32)13-14-10-15(26)11-21-23(14)35-9-8-34-21/h2-7,10-12,31H,8-9,13H2,1H3,(H,27,30). The third-order valence-electron chi connectivity index (χ3n) is 5.72. The minimum absolute atomic E-state index is 0.0365. The predicted octanol–water partition coefficient (Wildman–Crippen LogP) is 4.96. The number of aromatic nitrogens is 1. The first-order valence-corrected chi connectivity index (χ1v) is 10.7. The van der Waals surface area contributed by atoms with E-state index in [1.165, 1.54) is 23.8 Å². The number of hydrogen-bond donors (Lipinski definition) is 2. The SMILES string of the molecule is COc1ccccc1C(=O)Nc1ccc2c(N=O)c(O)n(Cc3cc(F)cc4c3OCCO4)c2c1. The number of amides is 1. The number of nitroso groups, excluding NO2 is 1. The number of nitrogens with one attached hydrogen (secondary N) is 1. The van der Waals surface area contributed by atoms with Crippen molar-refractivity contribution in [1.82, 2.24) is 4.57 Å². The first-order chi connectivity index (χ1) is 17.0. The van der Waals surface area contributed by atoms with Crippen molar-refractivity contribution in [2.45, 2.75) is 6.54 Å². The predicted molar refractivity (Wildman–Crippen MR) is 126 cm³/mol. The van der Waals surface area contributed by atoms with Gasteiger partial charge in [0.1, 0.15) is 24.8 Å². The number of hydrogen-bond acceptors (Lipinski definition) is 7. The van der Waals surface area contributed by atoms with Crippen molar-refractivity contribution in [3.05, 3.63) is 76.4 Å². The minimum atomic E-state index is -0.529. The fourth-order valence-corrected chi connectivity index (χ4v) is 4.15. The molecule has 0 aliphatic carbocycles. The molecule has 1 aliphatic heterocycles. The van der Waals surface area contributed by atoms with Crippen LogP contribution in [0.2, 0.25) is 0 Å². The molecule has 1 aromatic heterocycles. The highest BCUT2D eigenvalue weighted by molar-refractivity contribution is 6.07. The fourth-order valence-electron chi connectivity index (χ4n) is 4.15. The van der Waals surface area contributed by atoms with E-state index in [4.69, 9.17) is 14.2 Å². The van der Waals surface area contributed by atoms with E-state index in [1.54, 1.807) is 42.5 Å². The van der Waals surface area contributed by atoms with E-state index in [2.05, 4.69) is 10.5 Å². The smallest absolute Gasteiger partial charge is 0.259 e. The van der Waals surface area contributed by atoms with Crippen LogP contribution in [0.3, 0.4) is 0 Å². The van der Waals surface area contributed by atoms with Crippen LogP contribution in [0.1, 0.15) is 15.9 Å². The minimum Gasteiger partial charge on any atom is -0.496 e. The number of nitrogens with zero attached hydrogens (tertiary/aromatic N) is 2. The van der Waals surface area contributed by atoms with Gasteiger partial charge in [0, 0.05) is 22.7 Å². The Morgan fingerprint density at radius 3 is 2.77 bits per heavy atom. The van der Waals surface area contributed by atoms with E-state index in [0.29, 0.717) is 52.4 Å². The van der Waals surface area contributed by atoms with Crippen molar-refractivity contribution < 1.29 is 28.5 Å². The molecule has 0 saturated heterocycles. The lowest BCUT2D eigenvalue weighted by atomic mass is 10.1. The summed E-state index contributed by atoms with van der Waals surface area (Å²) in [7, 11) is 1.47. The summed E-state index contributed by atoms with van der Waals surface area (Å²) in [5.41, 5.74) is 1.40. The summed E-state index contributed by atoms with van der Waals surface area (Å²) in [5.74, 6) is -0.280. The van der Waals surface area contributed by atoms with Gasteiger partial charge in [-0.1, -0.05) is 12.1 Å². The van der Waals surface area contributed by atoms with Crippen LogP contribution in [0.4, 0.5) is 15.8 Å². The van der Waals surface area contributed by atoms with Crippen LogP contribution in [-0.4, -0.2) is 35.9 Å². The maximum Gasteiger partial charge on any atom is 0.259 e. The Balaban J connectivity index is 1.56. The molecule has 0 unspecified atom stereocenters. The molecule has 10 heteroatoms. The summed E-state index contributed by atoms with van der Waals surface area (Å²) in [4.78, 5) is 24.3. The Hall–Kier alpha value is -4.60. The fraction of sp³-hybridized carbons (Fsp3) is 0.160. The van der Waals surface area contributed by atoms with Gasteiger partial charge in [0.05, 0.1) is 24.7 Å². The maximum atomic E-state index is 14.2. The lowest BCUT2D eigenvalue weighted by Gasteiger charge is -2.21. The molecule has 0 radical (unpaired) electrons. The number of benzene rings is 3. The maximum absolute atomic E-state index is 14.2. The molecule has 178 valence electrons. The van der Waals surface area contributed by atoms with E-state index in [9.17, 15) is 19.2 Å². The van der Waals surface area contributed by atoms with Crippen molar-refractivity contribution in [3.8, 4) is 23.1 Å². The zero-order valence-corrected chi connectivity index (χ0v) is 18.6. The van der Waals surface area contributed by atoms with Crippen LogP contribution in [0.5, 0.6) is 23.1 Å². The molecule has 5 rings (SSSR count). The second-order valence-corrected chi connectivity index (χ2v) is 7.83. The number of anilines is 1. The molecular weight excluding hydrogens is 457 g/mol. The van der Waals surface area contributed by atoms with Crippen LogP contribution in [0.15, 0.2) is 59.8 Å². The van der Waals surface area contributed by atoms with E-state index in [1.807, 2.05) is 0 Å². The van der Waals surface area contributed by atoms with E-state index >= 15 is 0 Å². The molecule has 0 saturated carbocycles. The van der Waals surface area contributed by atoms with Gasteiger partial charge in [0.2, 0.25) is 5.88 Å². The lowest BCUT2D eigenvalue weighted by Crippen LogP contribution is -2.17. The van der Waals surface area contributed by atoms with Crippen molar-refractivity contribution in [1.29, 1.82) is 0 Å². The summed E-state index contributed by atoms with van der Waals surface area (Å²) in [6.45, 7) is 0.553. The van der Waals surface area contributed by atoms with E-state index in [-0.39, 0.29) is 18.0 Å². The Bertz CT molecular complexity index is 1470. The molecule has 0 fully saturated rings. The Morgan fingerprint density at radius 2 is 1.97 bits per heavy atom. The number of para-hydroxylation sites is 1. The molecule has 1 amide bonds. The van der Waals surface area contributed by atoms with Crippen LogP contribution < -0.4 is 19.5 Å². The second kappa shape index (κ2) is 8.98. The van der Waals surface area contributed by atoms with Gasteiger partial charge in [-0.25, -0.2) is 4.39 Å². The van der Waals surface area contributed by atoms with Crippen LogP contribution in [0, 0.1) is 10.7 Å². The summed E-state index contributed by atoms with van der Waals surface area (Å²) >= 11 is 0. The molecule has 9 nitrogen and oxygen atoms in total. The van der Waals surface area contributed by atoms with E-state index < -0.39 is 17.6 Å². The Kier molecular flexibility index (Phi) is 5.69. The Morgan fingerprint density at radius 1 is 1.17 bits per heavy atom. The number of rotatable bonds is 6. The number of ether oxygens (including phenoxy) is 3. The van der Waals surface area contributed by atoms with Crippen molar-refractivity contribution >= 4 is 28.2 Å². The van der Waals surface area contributed by atoms with Crippen LogP contribution in [-0.2, 0) is 6.54 Å². The summed E-state index contributed by atoms with van der Waals surface area (Å²) in [5, 5.41) is 16.9. The molecule has 0 atom stereocenters.